The van der Waals surface area contributed by atoms with Gasteiger partial charge in [0.05, 0.1) is 24.4 Å². The number of aromatic nitrogens is 3. The van der Waals surface area contributed by atoms with Crippen LogP contribution in [-0.4, -0.2) is 65.2 Å². The maximum Gasteiger partial charge on any atom is 0.254 e. The fraction of sp³-hybridized carbons (Fsp3) is 0.435. The van der Waals surface area contributed by atoms with Crippen LogP contribution in [0.3, 0.4) is 0 Å². The van der Waals surface area contributed by atoms with E-state index in [-0.39, 0.29) is 11.9 Å². The number of pyridine rings is 1. The van der Waals surface area contributed by atoms with E-state index in [0.29, 0.717) is 24.6 Å². The third-order valence-corrected chi connectivity index (χ3v) is 5.25. The van der Waals surface area contributed by atoms with Gasteiger partial charge in [0.15, 0.2) is 0 Å². The molecule has 1 amide bonds. The standard InChI is InChI=1S/C23H31N5O2/c1-7-30-21-10-16(8-9-18(21)15(2)3)23(29)28(6)20(14-27(4)5)19-13-24-11-17-12-25-26-22(17)19/h8-13,15,20H,7,14H2,1-6H3,(H,25,26)/t20-/m0/s1. The number of nitrogens with one attached hydrogen (secondary N) is 1. The molecule has 0 spiro atoms. The molecule has 0 aliphatic carbocycles. The van der Waals surface area contributed by atoms with Crippen molar-refractivity contribution in [3.63, 3.8) is 0 Å². The summed E-state index contributed by atoms with van der Waals surface area (Å²) in [6, 6.07) is 5.55. The van der Waals surface area contributed by atoms with Crippen LogP contribution in [0.15, 0.2) is 36.8 Å². The zero-order valence-corrected chi connectivity index (χ0v) is 18.6. The average molecular weight is 410 g/mol. The SMILES string of the molecule is CCOc1cc(C(=O)N(C)[C@@H](CN(C)C)c2cncc3cn[nH]c23)ccc1C(C)C. The quantitative estimate of drug-likeness (QED) is 0.612. The summed E-state index contributed by atoms with van der Waals surface area (Å²) in [6.45, 7) is 7.41. The van der Waals surface area contributed by atoms with Gasteiger partial charge >= 0.3 is 0 Å². The molecule has 1 atom stereocenters. The highest BCUT2D eigenvalue weighted by Gasteiger charge is 2.26. The molecule has 2 heterocycles. The number of carbonyl (C=O) groups excluding carboxylic acids is 1. The topological polar surface area (TPSA) is 74.3 Å². The van der Waals surface area contributed by atoms with E-state index in [1.165, 1.54) is 0 Å². The van der Waals surface area contributed by atoms with Crippen LogP contribution in [0.5, 0.6) is 5.75 Å². The number of carbonyl (C=O) groups is 1. The highest BCUT2D eigenvalue weighted by Crippen LogP contribution is 2.30. The Morgan fingerprint density at radius 2 is 1.90 bits per heavy atom. The largest absolute Gasteiger partial charge is 0.494 e. The summed E-state index contributed by atoms with van der Waals surface area (Å²) in [5, 5.41) is 8.13. The lowest BCUT2D eigenvalue weighted by Crippen LogP contribution is -2.37. The molecular weight excluding hydrogens is 378 g/mol. The van der Waals surface area contributed by atoms with Crippen LogP contribution < -0.4 is 4.74 Å². The van der Waals surface area contributed by atoms with Crippen molar-refractivity contribution in [1.29, 1.82) is 0 Å². The lowest BCUT2D eigenvalue weighted by Gasteiger charge is -2.31. The molecule has 0 saturated carbocycles. The fourth-order valence-corrected chi connectivity index (χ4v) is 3.69. The molecular formula is C23H31N5O2. The second-order valence-electron chi connectivity index (χ2n) is 8.10. The Kier molecular flexibility index (Phi) is 6.72. The number of benzene rings is 1. The number of fused-ring (bicyclic) bond motifs is 1. The lowest BCUT2D eigenvalue weighted by molar-refractivity contribution is 0.0705. The van der Waals surface area contributed by atoms with Crippen molar-refractivity contribution in [3.8, 4) is 5.75 Å². The summed E-state index contributed by atoms with van der Waals surface area (Å²) in [7, 11) is 5.83. The van der Waals surface area contributed by atoms with Crippen LogP contribution in [0.4, 0.5) is 0 Å². The van der Waals surface area contributed by atoms with E-state index in [1.54, 1.807) is 17.3 Å². The number of likely N-dealkylation sites (N-methyl/N-ethyl adjacent to an activating group) is 2. The average Bonchev–Trinajstić information content (AvgIpc) is 3.20. The predicted octanol–water partition coefficient (Wildman–Crippen LogP) is 3.85. The first-order chi connectivity index (χ1) is 14.3. The molecule has 7 heteroatoms. The van der Waals surface area contributed by atoms with Crippen LogP contribution in [0.1, 0.15) is 54.2 Å². The van der Waals surface area contributed by atoms with Crippen molar-refractivity contribution >= 4 is 16.8 Å². The van der Waals surface area contributed by atoms with Crippen LogP contribution in [-0.2, 0) is 0 Å². The van der Waals surface area contributed by atoms with Gasteiger partial charge in [0.2, 0.25) is 0 Å². The molecule has 0 bridgehead atoms. The summed E-state index contributed by atoms with van der Waals surface area (Å²) in [5.74, 6) is 1.03. The van der Waals surface area contributed by atoms with Gasteiger partial charge in [0.25, 0.3) is 5.91 Å². The van der Waals surface area contributed by atoms with Crippen molar-refractivity contribution in [1.82, 2.24) is 25.0 Å². The first kappa shape index (κ1) is 21.8. The Hall–Kier alpha value is -2.93. The van der Waals surface area contributed by atoms with Gasteiger partial charge in [-0.2, -0.15) is 5.10 Å². The van der Waals surface area contributed by atoms with Gasteiger partial charge in [-0.15, -0.1) is 0 Å². The van der Waals surface area contributed by atoms with E-state index < -0.39 is 0 Å². The number of ether oxygens (including phenoxy) is 1. The number of hydrogen-bond donors (Lipinski definition) is 1. The molecule has 3 rings (SSSR count). The minimum Gasteiger partial charge on any atom is -0.494 e. The van der Waals surface area contributed by atoms with Gasteiger partial charge in [0.1, 0.15) is 5.75 Å². The summed E-state index contributed by atoms with van der Waals surface area (Å²) in [5.41, 5.74) is 3.56. The lowest BCUT2D eigenvalue weighted by atomic mass is 9.99. The van der Waals surface area contributed by atoms with Crippen molar-refractivity contribution in [2.75, 3.05) is 34.3 Å². The third-order valence-electron chi connectivity index (χ3n) is 5.25. The number of hydrogen-bond acceptors (Lipinski definition) is 5. The van der Waals surface area contributed by atoms with E-state index in [1.807, 2.05) is 52.5 Å². The van der Waals surface area contributed by atoms with Gasteiger partial charge in [0, 0.05) is 42.5 Å². The normalized spacial score (nSPS) is 12.5. The predicted molar refractivity (Wildman–Crippen MR) is 119 cm³/mol. The summed E-state index contributed by atoms with van der Waals surface area (Å²) < 4.78 is 5.82. The van der Waals surface area contributed by atoms with E-state index in [2.05, 4.69) is 33.9 Å². The van der Waals surface area contributed by atoms with E-state index >= 15 is 0 Å². The molecule has 30 heavy (non-hydrogen) atoms. The molecule has 0 aliphatic rings. The van der Waals surface area contributed by atoms with Crippen molar-refractivity contribution in [2.45, 2.75) is 32.7 Å². The Bertz CT molecular complexity index is 1010. The van der Waals surface area contributed by atoms with Gasteiger partial charge < -0.3 is 14.5 Å². The zero-order valence-electron chi connectivity index (χ0n) is 18.6. The number of H-pyrrole nitrogens is 1. The highest BCUT2D eigenvalue weighted by molar-refractivity contribution is 5.95. The van der Waals surface area contributed by atoms with Crippen LogP contribution in [0.25, 0.3) is 10.9 Å². The number of nitrogens with zero attached hydrogens (tertiary/aromatic N) is 4. The van der Waals surface area contributed by atoms with Crippen molar-refractivity contribution in [2.24, 2.45) is 0 Å². The molecule has 0 aliphatic heterocycles. The molecule has 0 saturated heterocycles. The molecule has 0 radical (unpaired) electrons. The molecule has 0 fully saturated rings. The smallest absolute Gasteiger partial charge is 0.254 e. The highest BCUT2D eigenvalue weighted by atomic mass is 16.5. The Labute approximate surface area is 178 Å². The second-order valence-corrected chi connectivity index (χ2v) is 8.10. The fourth-order valence-electron chi connectivity index (χ4n) is 3.69. The summed E-state index contributed by atoms with van der Waals surface area (Å²) >= 11 is 0. The minimum atomic E-state index is -0.190. The maximum atomic E-state index is 13.5. The van der Waals surface area contributed by atoms with E-state index in [9.17, 15) is 4.79 Å². The van der Waals surface area contributed by atoms with E-state index in [0.717, 1.165) is 27.8 Å². The third kappa shape index (κ3) is 4.46. The zero-order chi connectivity index (χ0) is 21.8. The molecule has 7 nitrogen and oxygen atoms in total. The molecule has 0 unspecified atom stereocenters. The molecule has 1 aromatic carbocycles. The molecule has 2 aromatic heterocycles. The van der Waals surface area contributed by atoms with Crippen molar-refractivity contribution in [3.05, 3.63) is 53.5 Å². The van der Waals surface area contributed by atoms with Gasteiger partial charge in [-0.3, -0.25) is 14.9 Å². The first-order valence-electron chi connectivity index (χ1n) is 10.3. The summed E-state index contributed by atoms with van der Waals surface area (Å²) in [4.78, 5) is 21.7. The minimum absolute atomic E-state index is 0.0605. The Morgan fingerprint density at radius 1 is 1.13 bits per heavy atom. The number of aromatic amines is 1. The van der Waals surface area contributed by atoms with Crippen LogP contribution in [0.2, 0.25) is 0 Å². The van der Waals surface area contributed by atoms with Gasteiger partial charge in [-0.1, -0.05) is 19.9 Å². The molecule has 160 valence electrons. The molecule has 3 aromatic rings. The Balaban J connectivity index is 1.99. The van der Waals surface area contributed by atoms with Crippen LogP contribution in [0, 0.1) is 0 Å². The Morgan fingerprint density at radius 3 is 2.57 bits per heavy atom. The van der Waals surface area contributed by atoms with Crippen molar-refractivity contribution < 1.29 is 9.53 Å². The van der Waals surface area contributed by atoms with Crippen LogP contribution >= 0.6 is 0 Å². The maximum absolute atomic E-state index is 13.5. The number of amides is 1. The molecule has 1 N–H and O–H groups in total. The second kappa shape index (κ2) is 9.26. The first-order valence-corrected chi connectivity index (χ1v) is 10.3. The number of rotatable bonds is 8. The monoisotopic (exact) mass is 409 g/mol. The van der Waals surface area contributed by atoms with Gasteiger partial charge in [-0.05, 0) is 44.6 Å². The van der Waals surface area contributed by atoms with Gasteiger partial charge in [-0.25, -0.2) is 0 Å². The van der Waals surface area contributed by atoms with E-state index in [4.69, 9.17) is 4.74 Å². The summed E-state index contributed by atoms with van der Waals surface area (Å²) in [6.07, 6.45) is 5.33.